The number of rotatable bonds is 3. The van der Waals surface area contributed by atoms with E-state index in [-0.39, 0.29) is 11.3 Å². The molecule has 4 heteroatoms. The average Bonchev–Trinajstić information content (AvgIpc) is 2.59. The lowest BCUT2D eigenvalue weighted by atomic mass is 10.1. The Balaban J connectivity index is 2.11. The molecule has 2 aromatic carbocycles. The Morgan fingerprint density at radius 1 is 1.04 bits per heavy atom. The Bertz CT molecular complexity index is 969. The third-order valence-electron chi connectivity index (χ3n) is 3.75. The van der Waals surface area contributed by atoms with Crippen LogP contribution in [0.1, 0.15) is 15.9 Å². The Kier molecular flexibility index (Phi) is 3.81. The normalized spacial score (nSPS) is 11.2. The number of hydrogen-bond acceptors (Lipinski definition) is 3. The van der Waals surface area contributed by atoms with Crippen LogP contribution in [0.2, 0.25) is 0 Å². The molecule has 114 valence electrons. The topological polar surface area (TPSA) is 59.3 Å². The monoisotopic (exact) mass is 305 g/mol. The highest BCUT2D eigenvalue weighted by atomic mass is 16.3. The predicted molar refractivity (Wildman–Crippen MR) is 90.7 cm³/mol. The fourth-order valence-electron chi connectivity index (χ4n) is 2.52. The highest BCUT2D eigenvalue weighted by Gasteiger charge is 2.18. The van der Waals surface area contributed by atoms with Crippen molar-refractivity contribution in [2.75, 3.05) is 0 Å². The molecule has 3 rings (SSSR count). The first-order valence-electron chi connectivity index (χ1n) is 7.17. The van der Waals surface area contributed by atoms with Gasteiger partial charge >= 0.3 is 0 Å². The predicted octanol–water partition coefficient (Wildman–Crippen LogP) is 3.14. The van der Waals surface area contributed by atoms with Crippen LogP contribution in [0.25, 0.3) is 17.0 Å². The molecule has 0 spiro atoms. The van der Waals surface area contributed by atoms with E-state index >= 15 is 0 Å². The van der Waals surface area contributed by atoms with Crippen LogP contribution in [-0.2, 0) is 7.05 Å². The van der Waals surface area contributed by atoms with E-state index in [0.29, 0.717) is 10.9 Å². The fourth-order valence-corrected chi connectivity index (χ4v) is 2.52. The Morgan fingerprint density at radius 2 is 1.70 bits per heavy atom. The van der Waals surface area contributed by atoms with Gasteiger partial charge in [-0.1, -0.05) is 48.5 Å². The summed E-state index contributed by atoms with van der Waals surface area (Å²) in [6, 6.07) is 16.2. The van der Waals surface area contributed by atoms with E-state index in [1.54, 1.807) is 37.4 Å². The highest BCUT2D eigenvalue weighted by molar-refractivity contribution is 6.11. The quantitative estimate of drug-likeness (QED) is 0.597. The molecule has 1 heterocycles. The van der Waals surface area contributed by atoms with Gasteiger partial charge in [-0.05, 0) is 23.8 Å². The molecule has 0 bridgehead atoms. The summed E-state index contributed by atoms with van der Waals surface area (Å²) in [5.74, 6) is -0.788. The van der Waals surface area contributed by atoms with Gasteiger partial charge in [0.2, 0.25) is 0 Å². The molecule has 1 aromatic heterocycles. The molecule has 1 N–H and O–H groups in total. The van der Waals surface area contributed by atoms with Gasteiger partial charge in [0, 0.05) is 12.4 Å². The largest absolute Gasteiger partial charge is 0.506 e. The van der Waals surface area contributed by atoms with E-state index in [4.69, 9.17) is 0 Å². The third-order valence-corrected chi connectivity index (χ3v) is 3.75. The Hall–Kier alpha value is -3.14. The molecule has 3 aromatic rings. The summed E-state index contributed by atoms with van der Waals surface area (Å²) in [7, 11) is 1.59. The number of nitrogens with zero attached hydrogens (tertiary/aromatic N) is 1. The molecule has 0 amide bonds. The average molecular weight is 305 g/mol. The van der Waals surface area contributed by atoms with Gasteiger partial charge in [-0.3, -0.25) is 9.59 Å². The van der Waals surface area contributed by atoms with Crippen LogP contribution in [-0.4, -0.2) is 15.5 Å². The van der Waals surface area contributed by atoms with E-state index < -0.39 is 11.3 Å². The van der Waals surface area contributed by atoms with Crippen molar-refractivity contribution in [2.24, 2.45) is 7.05 Å². The minimum absolute atomic E-state index is 0.210. The van der Waals surface area contributed by atoms with Crippen LogP contribution in [0.15, 0.2) is 65.5 Å². The summed E-state index contributed by atoms with van der Waals surface area (Å²) >= 11 is 0. The number of para-hydroxylation sites is 1. The van der Waals surface area contributed by atoms with Crippen molar-refractivity contribution in [3.05, 3.63) is 82.2 Å². The van der Waals surface area contributed by atoms with Crippen molar-refractivity contribution in [3.8, 4) is 5.75 Å². The zero-order valence-corrected chi connectivity index (χ0v) is 12.6. The van der Waals surface area contributed by atoms with Crippen LogP contribution in [0.5, 0.6) is 5.75 Å². The van der Waals surface area contributed by atoms with Gasteiger partial charge in [-0.2, -0.15) is 0 Å². The van der Waals surface area contributed by atoms with Crippen molar-refractivity contribution in [1.29, 1.82) is 0 Å². The van der Waals surface area contributed by atoms with Gasteiger partial charge in [-0.25, -0.2) is 0 Å². The number of allylic oxidation sites excluding steroid dienone is 1. The molecule has 23 heavy (non-hydrogen) atoms. The summed E-state index contributed by atoms with van der Waals surface area (Å²) in [6.07, 6.45) is 2.93. The smallest absolute Gasteiger partial charge is 0.265 e. The molecule has 0 atom stereocenters. The highest BCUT2D eigenvalue weighted by Crippen LogP contribution is 2.26. The summed E-state index contributed by atoms with van der Waals surface area (Å²) < 4.78 is 1.37. The minimum Gasteiger partial charge on any atom is -0.506 e. The maximum Gasteiger partial charge on any atom is 0.265 e. The summed E-state index contributed by atoms with van der Waals surface area (Å²) in [6.45, 7) is 0. The Labute approximate surface area is 132 Å². The van der Waals surface area contributed by atoms with Crippen LogP contribution in [0.4, 0.5) is 0 Å². The molecule has 4 nitrogen and oxygen atoms in total. The first-order chi connectivity index (χ1) is 11.1. The molecule has 0 saturated carbocycles. The standard InChI is InChI=1S/C19H15NO3/c1-20-15-10-6-5-9-14(15)18(22)17(19(20)23)16(21)12-11-13-7-3-2-4-8-13/h2-12,22H,1H3. The van der Waals surface area contributed by atoms with Crippen LogP contribution < -0.4 is 5.56 Å². The number of pyridine rings is 1. The van der Waals surface area contributed by atoms with Gasteiger partial charge in [0.1, 0.15) is 11.3 Å². The summed E-state index contributed by atoms with van der Waals surface area (Å²) in [5.41, 5.74) is 0.707. The third kappa shape index (κ3) is 2.66. The van der Waals surface area contributed by atoms with E-state index in [0.717, 1.165) is 5.56 Å². The Morgan fingerprint density at radius 3 is 2.43 bits per heavy atom. The lowest BCUT2D eigenvalue weighted by Gasteiger charge is -2.09. The second kappa shape index (κ2) is 5.93. The summed E-state index contributed by atoms with van der Waals surface area (Å²) in [5, 5.41) is 10.8. The number of aryl methyl sites for hydroxylation is 1. The fraction of sp³-hybridized carbons (Fsp3) is 0.0526. The van der Waals surface area contributed by atoms with Crippen LogP contribution in [0, 0.1) is 0 Å². The van der Waals surface area contributed by atoms with Crippen molar-refractivity contribution in [1.82, 2.24) is 4.57 Å². The summed E-state index contributed by atoms with van der Waals surface area (Å²) in [4.78, 5) is 24.8. The first kappa shape index (κ1) is 14.8. The molecule has 0 unspecified atom stereocenters. The number of hydrogen-bond donors (Lipinski definition) is 1. The van der Waals surface area contributed by atoms with E-state index in [1.807, 2.05) is 30.3 Å². The molecule has 0 saturated heterocycles. The van der Waals surface area contributed by atoms with Crippen LogP contribution in [0.3, 0.4) is 0 Å². The van der Waals surface area contributed by atoms with E-state index in [2.05, 4.69) is 0 Å². The van der Waals surface area contributed by atoms with E-state index in [9.17, 15) is 14.7 Å². The number of aromatic hydroxyl groups is 1. The van der Waals surface area contributed by atoms with Crippen molar-refractivity contribution in [2.45, 2.75) is 0 Å². The van der Waals surface area contributed by atoms with Crippen molar-refractivity contribution >= 4 is 22.8 Å². The number of fused-ring (bicyclic) bond motifs is 1. The maximum absolute atomic E-state index is 12.4. The van der Waals surface area contributed by atoms with E-state index in [1.165, 1.54) is 10.6 Å². The molecule has 0 fully saturated rings. The number of aromatic nitrogens is 1. The van der Waals surface area contributed by atoms with Crippen molar-refractivity contribution in [3.63, 3.8) is 0 Å². The molecular weight excluding hydrogens is 290 g/mol. The van der Waals surface area contributed by atoms with Gasteiger partial charge in [0.25, 0.3) is 5.56 Å². The SMILES string of the molecule is Cn1c(=O)c(C(=O)C=Cc2ccccc2)c(O)c2ccccc21. The lowest BCUT2D eigenvalue weighted by molar-refractivity contribution is 0.104. The lowest BCUT2D eigenvalue weighted by Crippen LogP contribution is -2.24. The number of benzene rings is 2. The zero-order valence-electron chi connectivity index (χ0n) is 12.6. The second-order valence-corrected chi connectivity index (χ2v) is 5.21. The van der Waals surface area contributed by atoms with Crippen molar-refractivity contribution < 1.29 is 9.90 Å². The number of ketones is 1. The zero-order chi connectivity index (χ0) is 16.4. The maximum atomic E-state index is 12.4. The molecular formula is C19H15NO3. The van der Waals surface area contributed by atoms with Crippen LogP contribution >= 0.6 is 0 Å². The first-order valence-corrected chi connectivity index (χ1v) is 7.17. The minimum atomic E-state index is -0.516. The number of carbonyl (C=O) groups is 1. The van der Waals surface area contributed by atoms with Gasteiger partial charge < -0.3 is 9.67 Å². The van der Waals surface area contributed by atoms with Gasteiger partial charge in [0.15, 0.2) is 5.78 Å². The molecule has 0 aliphatic rings. The number of carbonyl (C=O) groups excluding carboxylic acids is 1. The molecule has 0 aliphatic heterocycles. The van der Waals surface area contributed by atoms with Gasteiger partial charge in [0.05, 0.1) is 5.52 Å². The van der Waals surface area contributed by atoms with Gasteiger partial charge in [-0.15, -0.1) is 0 Å². The molecule has 0 radical (unpaired) electrons. The molecule has 0 aliphatic carbocycles. The second-order valence-electron chi connectivity index (χ2n) is 5.21.